The van der Waals surface area contributed by atoms with Gasteiger partial charge >= 0.3 is 0 Å². The molecule has 0 saturated carbocycles. The molecule has 0 unspecified atom stereocenters. The Kier molecular flexibility index (Phi) is 6.00. The molecule has 0 aliphatic carbocycles. The number of hydrogen-bond donors (Lipinski definition) is 3. The highest BCUT2D eigenvalue weighted by atomic mass is 16.5. The highest BCUT2D eigenvalue weighted by Gasteiger charge is 1.99. The van der Waals surface area contributed by atoms with E-state index < -0.39 is 0 Å². The number of nitrogens with zero attached hydrogens (tertiary/aromatic N) is 1. The molecule has 1 aromatic carbocycles. The van der Waals surface area contributed by atoms with Crippen LogP contribution in [0.15, 0.2) is 29.4 Å². The molecule has 0 aromatic heterocycles. The van der Waals surface area contributed by atoms with Gasteiger partial charge in [-0.1, -0.05) is 19.0 Å². The van der Waals surface area contributed by atoms with Gasteiger partial charge in [0.1, 0.15) is 12.4 Å². The monoisotopic (exact) mass is 251 g/mol. The number of benzene rings is 1. The average Bonchev–Trinajstić information content (AvgIpc) is 2.38. The minimum Gasteiger partial charge on any atom is -0.492 e. The minimum atomic E-state index is 0.0974. The first kappa shape index (κ1) is 14.3. The Morgan fingerprint density at radius 3 is 2.61 bits per heavy atom. The average molecular weight is 251 g/mol. The van der Waals surface area contributed by atoms with Gasteiger partial charge in [-0.2, -0.15) is 0 Å². The molecule has 0 aliphatic heterocycles. The maximum atomic E-state index is 8.53. The lowest BCUT2D eigenvalue weighted by Crippen LogP contribution is -2.24. The Morgan fingerprint density at radius 1 is 1.39 bits per heavy atom. The van der Waals surface area contributed by atoms with Crippen molar-refractivity contribution in [2.75, 3.05) is 19.7 Å². The molecule has 0 radical (unpaired) electrons. The molecule has 4 N–H and O–H groups in total. The van der Waals surface area contributed by atoms with Crippen LogP contribution in [0.1, 0.15) is 19.4 Å². The van der Waals surface area contributed by atoms with Gasteiger partial charge in [-0.15, -0.1) is 0 Å². The minimum absolute atomic E-state index is 0.0974. The van der Waals surface area contributed by atoms with Crippen LogP contribution in [-0.2, 0) is 0 Å². The molecule has 18 heavy (non-hydrogen) atoms. The lowest BCUT2D eigenvalue weighted by molar-refractivity contribution is 0.311. The van der Waals surface area contributed by atoms with Gasteiger partial charge in [-0.25, -0.2) is 0 Å². The first-order chi connectivity index (χ1) is 8.63. The number of ether oxygens (including phenoxy) is 1. The second-order valence-corrected chi connectivity index (χ2v) is 4.46. The number of oxime groups is 1. The topological polar surface area (TPSA) is 79.9 Å². The third-order valence-corrected chi connectivity index (χ3v) is 2.36. The van der Waals surface area contributed by atoms with Crippen LogP contribution in [0.5, 0.6) is 5.75 Å². The Labute approximate surface area is 108 Å². The van der Waals surface area contributed by atoms with Crippen LogP contribution in [0.2, 0.25) is 0 Å². The maximum Gasteiger partial charge on any atom is 0.170 e. The standard InChI is InChI=1S/C13H21N3O2/c1-10(2)9-15-7-8-18-12-5-3-11(4-6-12)13(14)16-17/h3-6,10,15,17H,7-9H2,1-2H3,(H2,14,16). The van der Waals surface area contributed by atoms with Crippen LogP contribution in [0.3, 0.4) is 0 Å². The zero-order valence-electron chi connectivity index (χ0n) is 10.9. The molecule has 0 aliphatic rings. The van der Waals surface area contributed by atoms with Crippen molar-refractivity contribution in [3.05, 3.63) is 29.8 Å². The Balaban J connectivity index is 2.31. The molecule has 100 valence electrons. The molecule has 1 rings (SSSR count). The van der Waals surface area contributed by atoms with Crippen molar-refractivity contribution < 1.29 is 9.94 Å². The predicted molar refractivity (Wildman–Crippen MR) is 72.2 cm³/mol. The fourth-order valence-corrected chi connectivity index (χ4v) is 1.41. The molecular weight excluding hydrogens is 230 g/mol. The summed E-state index contributed by atoms with van der Waals surface area (Å²) < 4.78 is 5.55. The summed E-state index contributed by atoms with van der Waals surface area (Å²) in [6.45, 7) is 6.76. The van der Waals surface area contributed by atoms with E-state index in [2.05, 4.69) is 24.3 Å². The van der Waals surface area contributed by atoms with Crippen LogP contribution in [0.4, 0.5) is 0 Å². The van der Waals surface area contributed by atoms with Gasteiger partial charge in [0, 0.05) is 12.1 Å². The molecule has 0 fully saturated rings. The fraction of sp³-hybridized carbons (Fsp3) is 0.462. The predicted octanol–water partition coefficient (Wildman–Crippen LogP) is 1.41. The third kappa shape index (κ3) is 5.05. The smallest absolute Gasteiger partial charge is 0.170 e. The zero-order valence-corrected chi connectivity index (χ0v) is 10.9. The van der Waals surface area contributed by atoms with E-state index in [1.165, 1.54) is 0 Å². The van der Waals surface area contributed by atoms with Gasteiger partial charge < -0.3 is 21.0 Å². The van der Waals surface area contributed by atoms with E-state index >= 15 is 0 Å². The van der Waals surface area contributed by atoms with Gasteiger partial charge in [-0.3, -0.25) is 0 Å². The second-order valence-electron chi connectivity index (χ2n) is 4.46. The first-order valence-electron chi connectivity index (χ1n) is 6.05. The number of amidine groups is 1. The van der Waals surface area contributed by atoms with Gasteiger partial charge in [0.05, 0.1) is 0 Å². The third-order valence-electron chi connectivity index (χ3n) is 2.36. The van der Waals surface area contributed by atoms with Crippen molar-refractivity contribution in [3.63, 3.8) is 0 Å². The van der Waals surface area contributed by atoms with E-state index in [-0.39, 0.29) is 5.84 Å². The van der Waals surface area contributed by atoms with E-state index in [1.807, 2.05) is 0 Å². The molecular formula is C13H21N3O2. The van der Waals surface area contributed by atoms with Crippen molar-refractivity contribution in [2.24, 2.45) is 16.8 Å². The first-order valence-corrected chi connectivity index (χ1v) is 6.05. The summed E-state index contributed by atoms with van der Waals surface area (Å²) in [6.07, 6.45) is 0. The quantitative estimate of drug-likeness (QED) is 0.225. The summed E-state index contributed by atoms with van der Waals surface area (Å²) in [4.78, 5) is 0. The fourth-order valence-electron chi connectivity index (χ4n) is 1.41. The second kappa shape index (κ2) is 7.55. The van der Waals surface area contributed by atoms with Gasteiger partial charge in [0.2, 0.25) is 0 Å². The van der Waals surface area contributed by atoms with Gasteiger partial charge in [0.15, 0.2) is 5.84 Å². The highest BCUT2D eigenvalue weighted by Crippen LogP contribution is 2.11. The highest BCUT2D eigenvalue weighted by molar-refractivity contribution is 5.97. The van der Waals surface area contributed by atoms with Crippen molar-refractivity contribution in [2.45, 2.75) is 13.8 Å². The number of nitrogens with two attached hydrogens (primary N) is 1. The Morgan fingerprint density at radius 2 is 2.06 bits per heavy atom. The maximum absolute atomic E-state index is 8.53. The van der Waals surface area contributed by atoms with Crippen LogP contribution >= 0.6 is 0 Å². The molecule has 0 bridgehead atoms. The SMILES string of the molecule is CC(C)CNCCOc1ccc(C(N)=NO)cc1. The molecule has 5 heteroatoms. The van der Waals surface area contributed by atoms with E-state index in [4.69, 9.17) is 15.7 Å². The molecule has 1 aromatic rings. The number of hydrogen-bond acceptors (Lipinski definition) is 4. The number of rotatable bonds is 7. The van der Waals surface area contributed by atoms with E-state index in [9.17, 15) is 0 Å². The summed E-state index contributed by atoms with van der Waals surface area (Å²) in [7, 11) is 0. The van der Waals surface area contributed by atoms with Crippen LogP contribution in [-0.4, -0.2) is 30.7 Å². The van der Waals surface area contributed by atoms with Gasteiger partial charge in [0.25, 0.3) is 0 Å². The van der Waals surface area contributed by atoms with Crippen LogP contribution < -0.4 is 15.8 Å². The summed E-state index contributed by atoms with van der Waals surface area (Å²) >= 11 is 0. The largest absolute Gasteiger partial charge is 0.492 e. The Bertz CT molecular complexity index is 374. The van der Waals surface area contributed by atoms with Crippen LogP contribution in [0.25, 0.3) is 0 Å². The molecule has 0 atom stereocenters. The van der Waals surface area contributed by atoms with E-state index in [0.29, 0.717) is 18.1 Å². The summed E-state index contributed by atoms with van der Waals surface area (Å²) in [6, 6.07) is 7.11. The Hall–Kier alpha value is -1.75. The van der Waals surface area contributed by atoms with E-state index in [0.717, 1.165) is 18.8 Å². The normalized spacial score (nSPS) is 11.8. The lowest BCUT2D eigenvalue weighted by Gasteiger charge is -2.09. The molecule has 0 spiro atoms. The molecule has 0 amide bonds. The molecule has 0 heterocycles. The summed E-state index contributed by atoms with van der Waals surface area (Å²) in [5.41, 5.74) is 6.13. The van der Waals surface area contributed by atoms with Crippen LogP contribution in [0, 0.1) is 5.92 Å². The van der Waals surface area contributed by atoms with Crippen molar-refractivity contribution in [1.82, 2.24) is 5.32 Å². The van der Waals surface area contributed by atoms with Crippen molar-refractivity contribution in [1.29, 1.82) is 0 Å². The van der Waals surface area contributed by atoms with Crippen molar-refractivity contribution in [3.8, 4) is 5.75 Å². The van der Waals surface area contributed by atoms with Crippen molar-refractivity contribution >= 4 is 5.84 Å². The van der Waals surface area contributed by atoms with Gasteiger partial charge in [-0.05, 0) is 36.7 Å². The molecule has 5 nitrogen and oxygen atoms in total. The lowest BCUT2D eigenvalue weighted by atomic mass is 10.2. The summed E-state index contributed by atoms with van der Waals surface area (Å²) in [5, 5.41) is 14.8. The molecule has 0 saturated heterocycles. The van der Waals surface area contributed by atoms with E-state index in [1.54, 1.807) is 24.3 Å². The number of nitrogens with one attached hydrogen (secondary N) is 1. The summed E-state index contributed by atoms with van der Waals surface area (Å²) in [5.74, 6) is 1.51. The zero-order chi connectivity index (χ0) is 13.4.